The van der Waals surface area contributed by atoms with E-state index in [1.807, 2.05) is 12.3 Å². The van der Waals surface area contributed by atoms with Crippen LogP contribution in [0.2, 0.25) is 0 Å². The number of allylic oxidation sites excluding steroid dienone is 2. The Morgan fingerprint density at radius 1 is 0.903 bits per heavy atom. The zero-order chi connectivity index (χ0) is 21.7. The summed E-state index contributed by atoms with van der Waals surface area (Å²) in [7, 11) is 0. The first-order valence-electron chi connectivity index (χ1n) is 12.3. The maximum atomic E-state index is 5.97. The van der Waals surface area contributed by atoms with Crippen LogP contribution in [-0.2, 0) is 0 Å². The van der Waals surface area contributed by atoms with Crippen molar-refractivity contribution in [3.8, 4) is 17.1 Å². The Morgan fingerprint density at radius 2 is 1.68 bits per heavy atom. The first kappa shape index (κ1) is 23.2. The van der Waals surface area contributed by atoms with Gasteiger partial charge in [0.05, 0.1) is 29.4 Å². The Hall–Kier alpha value is -2.49. The molecule has 0 aromatic carbocycles. The minimum atomic E-state index is 0.709. The molecule has 0 atom stereocenters. The van der Waals surface area contributed by atoms with Gasteiger partial charge in [-0.2, -0.15) is 0 Å². The van der Waals surface area contributed by atoms with Crippen LogP contribution >= 0.6 is 0 Å². The summed E-state index contributed by atoms with van der Waals surface area (Å²) in [5.41, 5.74) is 5.26. The van der Waals surface area contributed by atoms with Crippen molar-refractivity contribution in [3.63, 3.8) is 0 Å². The Balaban J connectivity index is 1.49. The van der Waals surface area contributed by atoms with Crippen LogP contribution < -0.4 is 4.74 Å². The van der Waals surface area contributed by atoms with Crippen LogP contribution in [0.4, 0.5) is 0 Å². The average molecular weight is 422 g/mol. The molecule has 0 radical (unpaired) electrons. The van der Waals surface area contributed by atoms with Gasteiger partial charge >= 0.3 is 0 Å². The van der Waals surface area contributed by atoms with Crippen LogP contribution in [0.25, 0.3) is 17.5 Å². The van der Waals surface area contributed by atoms with Gasteiger partial charge in [0.15, 0.2) is 0 Å². The lowest BCUT2D eigenvalue weighted by atomic mass is 10.1. The fourth-order valence-electron chi connectivity index (χ4n) is 3.94. The van der Waals surface area contributed by atoms with Crippen LogP contribution in [0.5, 0.6) is 5.75 Å². The predicted molar refractivity (Wildman–Crippen MR) is 133 cm³/mol. The van der Waals surface area contributed by atoms with E-state index in [0.717, 1.165) is 41.4 Å². The number of nitrogens with zero attached hydrogens (tertiary/aromatic N) is 1. The molecule has 31 heavy (non-hydrogen) atoms. The van der Waals surface area contributed by atoms with E-state index in [9.17, 15) is 0 Å². The van der Waals surface area contributed by atoms with Crippen molar-refractivity contribution in [2.75, 3.05) is 6.61 Å². The molecule has 2 N–H and O–H groups in total. The summed E-state index contributed by atoms with van der Waals surface area (Å²) >= 11 is 0. The summed E-state index contributed by atoms with van der Waals surface area (Å²) in [6.07, 6.45) is 22.6. The summed E-state index contributed by atoms with van der Waals surface area (Å²) in [6, 6.07) is 6.13. The normalized spacial score (nSPS) is 14.5. The molecule has 0 bridgehead atoms. The highest BCUT2D eigenvalue weighted by molar-refractivity contribution is 5.99. The largest absolute Gasteiger partial charge is 0.491 e. The maximum absolute atomic E-state index is 5.97. The number of aromatic nitrogens is 2. The number of aliphatic imine (C=N–C) groups is 1. The Bertz CT molecular complexity index is 855. The summed E-state index contributed by atoms with van der Waals surface area (Å²) < 4.78 is 5.97. The van der Waals surface area contributed by atoms with E-state index in [4.69, 9.17) is 9.73 Å². The molecule has 0 spiro atoms. The molecule has 1 aliphatic heterocycles. The highest BCUT2D eigenvalue weighted by Gasteiger charge is 2.12. The number of hydrogen-bond donors (Lipinski definition) is 2. The van der Waals surface area contributed by atoms with Crippen LogP contribution in [0, 0.1) is 0 Å². The SMILES string of the molecule is CCCCCCCCCCCC1=N/C(=C\c2[nH]c(-c3ccc[nH]3)cc2OCCC)C=C1. The van der Waals surface area contributed by atoms with E-state index >= 15 is 0 Å². The molecule has 2 aromatic rings. The molecule has 0 fully saturated rings. The second-order valence-corrected chi connectivity index (χ2v) is 8.48. The molecule has 0 aliphatic carbocycles. The number of ether oxygens (including phenoxy) is 1. The van der Waals surface area contributed by atoms with Crippen molar-refractivity contribution in [3.05, 3.63) is 47.9 Å². The summed E-state index contributed by atoms with van der Waals surface area (Å²) in [4.78, 5) is 11.6. The maximum Gasteiger partial charge on any atom is 0.144 e. The molecule has 4 nitrogen and oxygen atoms in total. The van der Waals surface area contributed by atoms with Crippen molar-refractivity contribution >= 4 is 11.8 Å². The first-order valence-corrected chi connectivity index (χ1v) is 12.3. The zero-order valence-electron chi connectivity index (χ0n) is 19.4. The molecular formula is C27H39N3O. The number of H-pyrrole nitrogens is 2. The predicted octanol–water partition coefficient (Wildman–Crippen LogP) is 8.07. The smallest absolute Gasteiger partial charge is 0.144 e. The lowest BCUT2D eigenvalue weighted by Crippen LogP contribution is -1.95. The second-order valence-electron chi connectivity index (χ2n) is 8.48. The first-order chi connectivity index (χ1) is 15.3. The van der Waals surface area contributed by atoms with Crippen LogP contribution in [0.15, 0.2) is 47.2 Å². The van der Waals surface area contributed by atoms with Gasteiger partial charge in [0.1, 0.15) is 5.75 Å². The van der Waals surface area contributed by atoms with Gasteiger partial charge in [0, 0.05) is 18.0 Å². The number of hydrogen-bond acceptors (Lipinski definition) is 2. The lowest BCUT2D eigenvalue weighted by molar-refractivity contribution is 0.317. The van der Waals surface area contributed by atoms with Gasteiger partial charge < -0.3 is 14.7 Å². The van der Waals surface area contributed by atoms with E-state index in [2.05, 4.69) is 54.2 Å². The monoisotopic (exact) mass is 421 g/mol. The minimum Gasteiger partial charge on any atom is -0.491 e. The molecule has 1 aliphatic rings. The standard InChI is InChI=1S/C27H39N3O/c1-3-5-6-7-8-9-10-11-12-14-22-16-17-23(29-22)20-26-27(31-19-4-2)21-25(30-26)24-15-13-18-28-24/h13,15-18,20-21,28,30H,3-12,14,19H2,1-2H3/b23-20-. The molecule has 2 aromatic heterocycles. The fourth-order valence-corrected chi connectivity index (χ4v) is 3.94. The molecule has 0 saturated heterocycles. The average Bonchev–Trinajstić information content (AvgIpc) is 3.53. The van der Waals surface area contributed by atoms with Gasteiger partial charge in [-0.1, -0.05) is 65.2 Å². The van der Waals surface area contributed by atoms with Crippen molar-refractivity contribution in [1.82, 2.24) is 9.97 Å². The van der Waals surface area contributed by atoms with Crippen molar-refractivity contribution in [2.24, 2.45) is 4.99 Å². The summed E-state index contributed by atoms with van der Waals surface area (Å²) in [5, 5.41) is 0. The van der Waals surface area contributed by atoms with Crippen LogP contribution in [0.3, 0.4) is 0 Å². The Labute approximate surface area is 187 Å². The molecule has 3 heterocycles. The van der Waals surface area contributed by atoms with Gasteiger partial charge in [0.2, 0.25) is 0 Å². The molecule has 3 rings (SSSR count). The second kappa shape index (κ2) is 13.0. The Morgan fingerprint density at radius 3 is 2.39 bits per heavy atom. The van der Waals surface area contributed by atoms with E-state index in [1.165, 1.54) is 63.5 Å². The molecule has 0 saturated carbocycles. The summed E-state index contributed by atoms with van der Waals surface area (Å²) in [6.45, 7) is 5.11. The molecule has 0 amide bonds. The van der Waals surface area contributed by atoms with Crippen molar-refractivity contribution < 1.29 is 4.74 Å². The van der Waals surface area contributed by atoms with Gasteiger partial charge in [-0.3, -0.25) is 4.99 Å². The lowest BCUT2D eigenvalue weighted by Gasteiger charge is -2.03. The zero-order valence-corrected chi connectivity index (χ0v) is 19.4. The number of rotatable bonds is 15. The number of unbranched alkanes of at least 4 members (excludes halogenated alkanes) is 8. The molecular weight excluding hydrogens is 382 g/mol. The van der Waals surface area contributed by atoms with Crippen LogP contribution in [0.1, 0.15) is 90.2 Å². The van der Waals surface area contributed by atoms with Gasteiger partial charge in [0.25, 0.3) is 0 Å². The molecule has 4 heteroatoms. The number of nitrogens with one attached hydrogen (secondary N) is 2. The molecule has 0 unspecified atom stereocenters. The van der Waals surface area contributed by atoms with E-state index in [0.29, 0.717) is 6.61 Å². The third kappa shape index (κ3) is 7.61. The molecule has 168 valence electrons. The topological polar surface area (TPSA) is 53.2 Å². The quantitative estimate of drug-likeness (QED) is 0.281. The van der Waals surface area contributed by atoms with Gasteiger partial charge in [-0.25, -0.2) is 0 Å². The van der Waals surface area contributed by atoms with E-state index < -0.39 is 0 Å². The fraction of sp³-hybridized carbons (Fsp3) is 0.519. The number of aromatic amines is 2. The van der Waals surface area contributed by atoms with E-state index in [1.54, 1.807) is 0 Å². The third-order valence-electron chi connectivity index (χ3n) is 5.71. The van der Waals surface area contributed by atoms with E-state index in [-0.39, 0.29) is 0 Å². The third-order valence-corrected chi connectivity index (χ3v) is 5.71. The summed E-state index contributed by atoms with van der Waals surface area (Å²) in [5.74, 6) is 0.884. The Kier molecular flexibility index (Phi) is 9.75. The van der Waals surface area contributed by atoms with Crippen LogP contribution in [-0.4, -0.2) is 22.3 Å². The highest BCUT2D eigenvalue weighted by atomic mass is 16.5. The van der Waals surface area contributed by atoms with Gasteiger partial charge in [-0.15, -0.1) is 0 Å². The highest BCUT2D eigenvalue weighted by Crippen LogP contribution is 2.29. The van der Waals surface area contributed by atoms with Crippen molar-refractivity contribution in [2.45, 2.75) is 84.5 Å². The van der Waals surface area contributed by atoms with Gasteiger partial charge in [-0.05, 0) is 49.6 Å². The minimum absolute atomic E-state index is 0.709. The van der Waals surface area contributed by atoms with Crippen molar-refractivity contribution in [1.29, 1.82) is 0 Å².